The lowest BCUT2D eigenvalue weighted by Crippen LogP contribution is -2.50. The molecule has 4 aromatic rings. The molecule has 222 valence electrons. The zero-order chi connectivity index (χ0) is 29.4. The fraction of sp³-hybridized carbons (Fsp3) is 0.351. The maximum absolute atomic E-state index is 14.1. The topological polar surface area (TPSA) is 64.7 Å². The Morgan fingerprint density at radius 2 is 1.47 bits per heavy atom. The third kappa shape index (κ3) is 7.32. The van der Waals surface area contributed by atoms with Crippen LogP contribution in [0.3, 0.4) is 0 Å². The van der Waals surface area contributed by atoms with E-state index in [2.05, 4.69) is 75.0 Å². The van der Waals surface area contributed by atoms with Crippen molar-refractivity contribution in [1.29, 1.82) is 0 Å². The van der Waals surface area contributed by atoms with Gasteiger partial charge >= 0.3 is 0 Å². The van der Waals surface area contributed by atoms with Crippen LogP contribution in [0.25, 0.3) is 10.8 Å². The summed E-state index contributed by atoms with van der Waals surface area (Å²) in [6, 6.07) is 34.7. The smallest absolute Gasteiger partial charge is 0.251 e. The molecule has 2 N–H and O–H groups in total. The molecule has 2 heterocycles. The van der Waals surface area contributed by atoms with Crippen molar-refractivity contribution in [3.63, 3.8) is 0 Å². The minimum atomic E-state index is -0.280. The van der Waals surface area contributed by atoms with Gasteiger partial charge < -0.3 is 20.4 Å². The molecule has 0 bridgehead atoms. The van der Waals surface area contributed by atoms with Crippen LogP contribution in [0.1, 0.15) is 53.1 Å². The van der Waals surface area contributed by atoms with Gasteiger partial charge in [0, 0.05) is 43.7 Å². The summed E-state index contributed by atoms with van der Waals surface area (Å²) >= 11 is 0. The van der Waals surface area contributed by atoms with Gasteiger partial charge in [-0.05, 0) is 72.8 Å². The Morgan fingerprint density at radius 1 is 0.814 bits per heavy atom. The highest BCUT2D eigenvalue weighted by atomic mass is 16.2. The number of benzene rings is 4. The van der Waals surface area contributed by atoms with Crippen LogP contribution in [0.2, 0.25) is 0 Å². The van der Waals surface area contributed by atoms with Crippen LogP contribution in [0.5, 0.6) is 0 Å². The molecule has 0 radical (unpaired) electrons. The van der Waals surface area contributed by atoms with E-state index in [9.17, 15) is 9.59 Å². The van der Waals surface area contributed by atoms with Crippen molar-refractivity contribution in [2.75, 3.05) is 39.3 Å². The molecule has 0 aliphatic carbocycles. The number of nitrogens with one attached hydrogen (secondary N) is 2. The zero-order valence-corrected chi connectivity index (χ0v) is 24.8. The number of fused-ring (bicyclic) bond motifs is 1. The molecule has 0 unspecified atom stereocenters. The van der Waals surface area contributed by atoms with Crippen LogP contribution in [-0.4, -0.2) is 73.0 Å². The van der Waals surface area contributed by atoms with E-state index in [1.807, 2.05) is 48.5 Å². The van der Waals surface area contributed by atoms with E-state index in [-0.39, 0.29) is 29.8 Å². The van der Waals surface area contributed by atoms with E-state index in [0.717, 1.165) is 43.2 Å². The number of hydrogen-bond donors (Lipinski definition) is 2. The standard InChI is InChI=1S/C37H42N4O2/c42-36(32-18-17-28-11-7-8-16-31(28)25-32)38-26-33-19-24-41(37(43)35(39-33)20-23-40-21-9-10-22-40)27-34(29-12-3-1-4-13-29)30-14-5-2-6-15-30/h1-8,11-18,25,33-35,39H,9-10,19-24,26-27H2,(H,38,42)/t33-,35-/m0/s1. The number of amides is 2. The fourth-order valence-corrected chi connectivity index (χ4v) is 6.59. The first-order chi connectivity index (χ1) is 21.1. The first kappa shape index (κ1) is 29.1. The summed E-state index contributed by atoms with van der Waals surface area (Å²) in [6.07, 6.45) is 4.01. The molecule has 0 saturated carbocycles. The van der Waals surface area contributed by atoms with E-state index in [1.165, 1.54) is 24.0 Å². The van der Waals surface area contributed by atoms with Crippen LogP contribution < -0.4 is 10.6 Å². The second-order valence-electron chi connectivity index (χ2n) is 12.0. The first-order valence-corrected chi connectivity index (χ1v) is 15.8. The second kappa shape index (κ2) is 14.0. The quantitative estimate of drug-likeness (QED) is 0.265. The molecule has 4 aromatic carbocycles. The highest BCUT2D eigenvalue weighted by Crippen LogP contribution is 2.27. The Labute approximate surface area is 255 Å². The Balaban J connectivity index is 1.17. The van der Waals surface area contributed by atoms with Crippen molar-refractivity contribution in [3.8, 4) is 0 Å². The minimum Gasteiger partial charge on any atom is -0.350 e. The van der Waals surface area contributed by atoms with E-state index >= 15 is 0 Å². The lowest BCUT2D eigenvalue weighted by atomic mass is 9.90. The normalized spacial score (nSPS) is 19.6. The molecule has 0 aromatic heterocycles. The summed E-state index contributed by atoms with van der Waals surface area (Å²) < 4.78 is 0. The molecule has 2 fully saturated rings. The van der Waals surface area contributed by atoms with E-state index in [4.69, 9.17) is 0 Å². The highest BCUT2D eigenvalue weighted by Gasteiger charge is 2.33. The lowest BCUT2D eigenvalue weighted by Gasteiger charge is -2.30. The number of carbonyl (C=O) groups excluding carboxylic acids is 2. The summed E-state index contributed by atoms with van der Waals surface area (Å²) in [5.74, 6) is 0.177. The van der Waals surface area contributed by atoms with Gasteiger partial charge in [0.15, 0.2) is 0 Å². The van der Waals surface area contributed by atoms with E-state index in [0.29, 0.717) is 25.2 Å². The van der Waals surface area contributed by atoms with Crippen LogP contribution in [0.4, 0.5) is 0 Å². The maximum atomic E-state index is 14.1. The molecule has 2 amide bonds. The van der Waals surface area contributed by atoms with Gasteiger partial charge in [0.05, 0.1) is 6.04 Å². The molecule has 2 atom stereocenters. The predicted octanol–water partition coefficient (Wildman–Crippen LogP) is 5.45. The van der Waals surface area contributed by atoms with E-state index < -0.39 is 0 Å². The monoisotopic (exact) mass is 574 g/mol. The average Bonchev–Trinajstić information content (AvgIpc) is 3.54. The van der Waals surface area contributed by atoms with Crippen molar-refractivity contribution in [2.24, 2.45) is 0 Å². The predicted molar refractivity (Wildman–Crippen MR) is 173 cm³/mol. The number of nitrogens with zero attached hydrogens (tertiary/aromatic N) is 2. The Morgan fingerprint density at radius 3 is 2.16 bits per heavy atom. The lowest BCUT2D eigenvalue weighted by molar-refractivity contribution is -0.133. The van der Waals surface area contributed by atoms with Gasteiger partial charge in [0.1, 0.15) is 0 Å². The third-order valence-electron chi connectivity index (χ3n) is 9.05. The number of likely N-dealkylation sites (tertiary alicyclic amines) is 1. The SMILES string of the molecule is O=C(NC[C@@H]1CCN(CC(c2ccccc2)c2ccccc2)C(=O)[C@H](CCN2CCCC2)N1)c1ccc2ccccc2c1. The molecular formula is C37H42N4O2. The van der Waals surface area contributed by atoms with Gasteiger partial charge in [-0.15, -0.1) is 0 Å². The van der Waals surface area contributed by atoms with Crippen molar-refractivity contribution in [1.82, 2.24) is 20.4 Å². The minimum absolute atomic E-state index is 0.00818. The van der Waals surface area contributed by atoms with E-state index in [1.54, 1.807) is 0 Å². The molecule has 6 rings (SSSR count). The van der Waals surface area contributed by atoms with Crippen LogP contribution in [0, 0.1) is 0 Å². The zero-order valence-electron chi connectivity index (χ0n) is 24.8. The highest BCUT2D eigenvalue weighted by molar-refractivity contribution is 5.98. The first-order valence-electron chi connectivity index (χ1n) is 15.8. The molecule has 2 aliphatic heterocycles. The number of carbonyl (C=O) groups is 2. The Bertz CT molecular complexity index is 1460. The summed E-state index contributed by atoms with van der Waals surface area (Å²) in [5.41, 5.74) is 3.09. The fourth-order valence-electron chi connectivity index (χ4n) is 6.59. The molecule has 2 aliphatic rings. The van der Waals surface area contributed by atoms with Gasteiger partial charge in [-0.3, -0.25) is 9.59 Å². The summed E-state index contributed by atoms with van der Waals surface area (Å²) in [6.45, 7) is 4.89. The van der Waals surface area contributed by atoms with Gasteiger partial charge in [-0.25, -0.2) is 0 Å². The largest absolute Gasteiger partial charge is 0.350 e. The van der Waals surface area contributed by atoms with Crippen LogP contribution in [0.15, 0.2) is 103 Å². The van der Waals surface area contributed by atoms with Crippen molar-refractivity contribution in [3.05, 3.63) is 120 Å². The average molecular weight is 575 g/mol. The summed E-state index contributed by atoms with van der Waals surface area (Å²) in [7, 11) is 0. The molecule has 6 heteroatoms. The Kier molecular flexibility index (Phi) is 9.46. The number of rotatable bonds is 10. The van der Waals surface area contributed by atoms with Crippen LogP contribution in [-0.2, 0) is 4.79 Å². The molecular weight excluding hydrogens is 532 g/mol. The number of hydrogen-bond acceptors (Lipinski definition) is 4. The maximum Gasteiger partial charge on any atom is 0.251 e. The van der Waals surface area contributed by atoms with Crippen LogP contribution >= 0.6 is 0 Å². The molecule has 6 nitrogen and oxygen atoms in total. The van der Waals surface area contributed by atoms with Gasteiger partial charge in [-0.1, -0.05) is 91.0 Å². The molecule has 0 spiro atoms. The third-order valence-corrected chi connectivity index (χ3v) is 9.05. The van der Waals surface area contributed by atoms with Gasteiger partial charge in [0.2, 0.25) is 5.91 Å². The summed E-state index contributed by atoms with van der Waals surface area (Å²) in [5, 5.41) is 9.01. The Hall–Kier alpha value is -4.00. The van der Waals surface area contributed by atoms with Crippen molar-refractivity contribution < 1.29 is 9.59 Å². The summed E-state index contributed by atoms with van der Waals surface area (Å²) in [4.78, 5) is 31.8. The molecule has 43 heavy (non-hydrogen) atoms. The van der Waals surface area contributed by atoms with Gasteiger partial charge in [0.25, 0.3) is 5.91 Å². The van der Waals surface area contributed by atoms with Crippen molar-refractivity contribution >= 4 is 22.6 Å². The molecule has 2 saturated heterocycles. The van der Waals surface area contributed by atoms with Gasteiger partial charge in [-0.2, -0.15) is 0 Å². The second-order valence-corrected chi connectivity index (χ2v) is 12.0. The van der Waals surface area contributed by atoms with Crippen molar-refractivity contribution in [2.45, 2.75) is 43.7 Å².